The summed E-state index contributed by atoms with van der Waals surface area (Å²) < 4.78 is 21.7. The fourth-order valence-corrected chi connectivity index (χ4v) is 4.96. The van der Waals surface area contributed by atoms with Crippen molar-refractivity contribution in [2.24, 2.45) is 0 Å². The van der Waals surface area contributed by atoms with Gasteiger partial charge in [0, 0.05) is 0 Å². The predicted molar refractivity (Wildman–Crippen MR) is 121 cm³/mol. The smallest absolute Gasteiger partial charge is 0.387 e. The molecule has 32 heavy (non-hydrogen) atoms. The number of aliphatic hydroxyl groups is 5. The fourth-order valence-electron chi connectivity index (χ4n) is 3.98. The number of unbranched alkanes of at least 4 members (excludes halogenated alkanes) is 13. The molecule has 0 amide bonds. The Balaban J connectivity index is 2.06. The van der Waals surface area contributed by atoms with Crippen LogP contribution in [0.5, 0.6) is 0 Å². The molecular weight excluding hydrogens is 439 g/mol. The zero-order valence-electron chi connectivity index (χ0n) is 19.4. The number of aliphatic hydroxyl groups excluding tert-OH is 5. The van der Waals surface area contributed by atoms with Gasteiger partial charge < -0.3 is 30.4 Å². The molecule has 6 N–H and O–H groups in total. The second-order valence-corrected chi connectivity index (χ2v) is 10.3. The minimum Gasteiger partial charge on any atom is -0.387 e. The summed E-state index contributed by atoms with van der Waals surface area (Å²) in [7, 11) is -4.62. The third-order valence-electron chi connectivity index (χ3n) is 6.08. The van der Waals surface area contributed by atoms with Gasteiger partial charge in [0.15, 0.2) is 0 Å². The third kappa shape index (κ3) is 11.4. The monoisotopic (exact) mass is 484 g/mol. The first-order valence-corrected chi connectivity index (χ1v) is 13.8. The van der Waals surface area contributed by atoms with E-state index in [1.54, 1.807) is 0 Å². The molecule has 0 spiro atoms. The molecule has 1 aliphatic carbocycles. The van der Waals surface area contributed by atoms with E-state index in [9.17, 15) is 35.0 Å². The van der Waals surface area contributed by atoms with Crippen LogP contribution in [-0.2, 0) is 13.6 Å². The second-order valence-electron chi connectivity index (χ2n) is 8.92. The molecular formula is C22H45O9P. The number of rotatable bonds is 18. The van der Waals surface area contributed by atoms with Crippen molar-refractivity contribution in [1.82, 2.24) is 0 Å². The summed E-state index contributed by atoms with van der Waals surface area (Å²) in [5.74, 6) is 0. The van der Waals surface area contributed by atoms with Crippen molar-refractivity contribution in [1.29, 1.82) is 0 Å². The molecule has 1 aliphatic rings. The lowest BCUT2D eigenvalue weighted by atomic mass is 9.85. The highest BCUT2D eigenvalue weighted by atomic mass is 31.2. The Hall–Kier alpha value is -0.0900. The number of hydrogen-bond donors (Lipinski definition) is 6. The molecule has 10 heteroatoms. The average molecular weight is 485 g/mol. The molecule has 1 saturated carbocycles. The summed E-state index contributed by atoms with van der Waals surface area (Å²) >= 11 is 0. The van der Waals surface area contributed by atoms with E-state index in [1.165, 1.54) is 64.2 Å². The average Bonchev–Trinajstić information content (AvgIpc) is 2.76. The van der Waals surface area contributed by atoms with Crippen molar-refractivity contribution in [3.05, 3.63) is 0 Å². The summed E-state index contributed by atoms with van der Waals surface area (Å²) in [6, 6.07) is 0. The Morgan fingerprint density at radius 3 is 1.34 bits per heavy atom. The largest absolute Gasteiger partial charge is 0.472 e. The molecule has 192 valence electrons. The standard InChI is InChI=1S/C22H45O9P/c1-2-3-4-5-6-7-8-9-10-11-12-13-14-15-16-30-32(28,29)31-22-20(26)18(24)17(23)19(25)21(22)27/h17-27H,2-16H2,1H3,(H,28,29)/t17?,18-,19+,20-,21-,22?/m1/s1. The first-order chi connectivity index (χ1) is 15.2. The van der Waals surface area contributed by atoms with E-state index in [4.69, 9.17) is 9.05 Å². The highest BCUT2D eigenvalue weighted by Gasteiger charge is 2.51. The molecule has 3 unspecified atom stereocenters. The molecule has 0 aliphatic heterocycles. The minimum atomic E-state index is -4.62. The first-order valence-electron chi connectivity index (χ1n) is 12.3. The van der Waals surface area contributed by atoms with Crippen LogP contribution in [0.25, 0.3) is 0 Å². The summed E-state index contributed by atoms with van der Waals surface area (Å²) in [4.78, 5) is 9.81. The maximum absolute atomic E-state index is 12.1. The minimum absolute atomic E-state index is 0.0293. The van der Waals surface area contributed by atoms with Crippen LogP contribution in [0, 0.1) is 0 Å². The van der Waals surface area contributed by atoms with Gasteiger partial charge in [0.25, 0.3) is 0 Å². The zero-order chi connectivity index (χ0) is 24.0. The van der Waals surface area contributed by atoms with Crippen LogP contribution in [0.1, 0.15) is 96.8 Å². The maximum atomic E-state index is 12.1. The van der Waals surface area contributed by atoms with Gasteiger partial charge in [-0.2, -0.15) is 0 Å². The van der Waals surface area contributed by atoms with Gasteiger partial charge in [-0.1, -0.05) is 90.4 Å². The van der Waals surface area contributed by atoms with Crippen LogP contribution in [0.15, 0.2) is 0 Å². The van der Waals surface area contributed by atoms with Crippen LogP contribution in [0.4, 0.5) is 0 Å². The molecule has 1 fully saturated rings. The lowest BCUT2D eigenvalue weighted by Crippen LogP contribution is -2.64. The summed E-state index contributed by atoms with van der Waals surface area (Å²) in [6.45, 7) is 2.20. The van der Waals surface area contributed by atoms with Gasteiger partial charge in [-0.05, 0) is 6.42 Å². The first kappa shape index (κ1) is 29.9. The van der Waals surface area contributed by atoms with Gasteiger partial charge in [-0.25, -0.2) is 4.57 Å². The normalized spacial score (nSPS) is 30.3. The lowest BCUT2D eigenvalue weighted by Gasteiger charge is -2.41. The fraction of sp³-hybridized carbons (Fsp3) is 1.00. The van der Waals surface area contributed by atoms with E-state index >= 15 is 0 Å². The second kappa shape index (κ2) is 16.5. The molecule has 1 rings (SSSR count). The topological polar surface area (TPSA) is 157 Å². The van der Waals surface area contributed by atoms with E-state index < -0.39 is 44.4 Å². The Morgan fingerprint density at radius 1 is 0.594 bits per heavy atom. The Morgan fingerprint density at radius 2 is 0.938 bits per heavy atom. The molecule has 0 heterocycles. The van der Waals surface area contributed by atoms with Crippen molar-refractivity contribution in [2.75, 3.05) is 6.61 Å². The van der Waals surface area contributed by atoms with Gasteiger partial charge in [0.1, 0.15) is 36.6 Å². The van der Waals surface area contributed by atoms with Crippen molar-refractivity contribution >= 4 is 7.82 Å². The van der Waals surface area contributed by atoms with Crippen LogP contribution in [-0.4, -0.2) is 73.7 Å². The molecule has 0 aromatic rings. The van der Waals surface area contributed by atoms with Gasteiger partial charge in [-0.15, -0.1) is 0 Å². The summed E-state index contributed by atoms with van der Waals surface area (Å²) in [5, 5.41) is 48.6. The predicted octanol–water partition coefficient (Wildman–Crippen LogP) is 2.79. The molecule has 0 aromatic heterocycles. The molecule has 7 atom stereocenters. The molecule has 0 bridgehead atoms. The quantitative estimate of drug-likeness (QED) is 0.127. The van der Waals surface area contributed by atoms with Crippen LogP contribution in [0.3, 0.4) is 0 Å². The number of phosphoric ester groups is 1. The van der Waals surface area contributed by atoms with Crippen LogP contribution >= 0.6 is 7.82 Å². The van der Waals surface area contributed by atoms with Crippen LogP contribution in [0.2, 0.25) is 0 Å². The summed E-state index contributed by atoms with van der Waals surface area (Å²) in [6.07, 6.45) is 5.64. The Labute approximate surface area is 192 Å². The van der Waals surface area contributed by atoms with E-state index in [-0.39, 0.29) is 6.61 Å². The van der Waals surface area contributed by atoms with E-state index in [1.807, 2.05) is 0 Å². The number of phosphoric acid groups is 1. The van der Waals surface area contributed by atoms with Gasteiger partial charge >= 0.3 is 7.82 Å². The van der Waals surface area contributed by atoms with E-state index in [0.717, 1.165) is 19.3 Å². The molecule has 0 radical (unpaired) electrons. The van der Waals surface area contributed by atoms with Gasteiger partial charge in [0.2, 0.25) is 0 Å². The third-order valence-corrected chi connectivity index (χ3v) is 7.10. The Kier molecular flexibility index (Phi) is 15.5. The lowest BCUT2D eigenvalue weighted by molar-refractivity contribution is -0.220. The summed E-state index contributed by atoms with van der Waals surface area (Å²) in [5.41, 5.74) is 0. The molecule has 0 saturated heterocycles. The van der Waals surface area contributed by atoms with Crippen LogP contribution < -0.4 is 0 Å². The van der Waals surface area contributed by atoms with Crippen molar-refractivity contribution in [3.63, 3.8) is 0 Å². The van der Waals surface area contributed by atoms with Crippen molar-refractivity contribution in [2.45, 2.75) is 133 Å². The number of hydrogen-bond acceptors (Lipinski definition) is 8. The SMILES string of the molecule is CCCCCCCCCCCCCCCCOP(=O)(O)OC1[C@H](O)[C@H](O)C(O)[C@H](O)[C@H]1O. The maximum Gasteiger partial charge on any atom is 0.472 e. The Bertz CT molecular complexity index is 506. The molecule has 9 nitrogen and oxygen atoms in total. The van der Waals surface area contributed by atoms with Crippen molar-refractivity contribution < 1.29 is 44.0 Å². The van der Waals surface area contributed by atoms with Gasteiger partial charge in [0.05, 0.1) is 6.61 Å². The zero-order valence-corrected chi connectivity index (χ0v) is 20.3. The highest BCUT2D eigenvalue weighted by molar-refractivity contribution is 7.47. The van der Waals surface area contributed by atoms with E-state index in [2.05, 4.69) is 6.92 Å². The highest BCUT2D eigenvalue weighted by Crippen LogP contribution is 2.47. The van der Waals surface area contributed by atoms with E-state index in [0.29, 0.717) is 6.42 Å². The van der Waals surface area contributed by atoms with Gasteiger partial charge in [-0.3, -0.25) is 9.05 Å². The molecule has 0 aromatic carbocycles. The van der Waals surface area contributed by atoms with Crippen molar-refractivity contribution in [3.8, 4) is 0 Å².